The molecule has 22 heavy (non-hydrogen) atoms. The Balaban J connectivity index is 2.38. The van der Waals surface area contributed by atoms with Crippen LogP contribution in [0.1, 0.15) is 15.9 Å². The number of thioether (sulfide) groups is 1. The van der Waals surface area contributed by atoms with Crippen molar-refractivity contribution < 1.29 is 18.3 Å². The van der Waals surface area contributed by atoms with Crippen LogP contribution in [0.2, 0.25) is 0 Å². The standard InChI is InChI=1S/C15H15NO4S2/c1-10-6-7-13(9-14(10)15(17)18)22(19,20)16-11-4-3-5-12(8-11)21-2/h3-9,16H,1-2H3,(H,17,18). The summed E-state index contributed by atoms with van der Waals surface area (Å²) in [5, 5.41) is 9.10. The van der Waals surface area contributed by atoms with Crippen LogP contribution in [-0.4, -0.2) is 25.7 Å². The maximum Gasteiger partial charge on any atom is 0.335 e. The number of nitrogens with one attached hydrogen (secondary N) is 1. The molecular formula is C15H15NO4S2. The van der Waals surface area contributed by atoms with E-state index in [1.807, 2.05) is 12.3 Å². The minimum absolute atomic E-state index is 0.0271. The molecule has 0 atom stereocenters. The fourth-order valence-corrected chi connectivity index (χ4v) is 3.43. The summed E-state index contributed by atoms with van der Waals surface area (Å²) in [7, 11) is -3.83. The molecule has 7 heteroatoms. The topological polar surface area (TPSA) is 83.5 Å². The Kier molecular flexibility index (Phi) is 4.77. The molecule has 0 amide bonds. The fourth-order valence-electron chi connectivity index (χ4n) is 1.90. The van der Waals surface area contributed by atoms with Crippen molar-refractivity contribution in [1.29, 1.82) is 0 Å². The van der Waals surface area contributed by atoms with Crippen molar-refractivity contribution in [2.45, 2.75) is 16.7 Å². The van der Waals surface area contributed by atoms with E-state index in [0.717, 1.165) is 4.90 Å². The molecule has 2 aromatic carbocycles. The highest BCUT2D eigenvalue weighted by molar-refractivity contribution is 7.98. The van der Waals surface area contributed by atoms with Gasteiger partial charge in [-0.3, -0.25) is 4.72 Å². The first kappa shape index (κ1) is 16.4. The lowest BCUT2D eigenvalue weighted by Crippen LogP contribution is -2.14. The van der Waals surface area contributed by atoms with Gasteiger partial charge in [0.2, 0.25) is 0 Å². The number of aromatic carboxylic acids is 1. The molecule has 0 fully saturated rings. The van der Waals surface area contributed by atoms with Gasteiger partial charge in [-0.1, -0.05) is 12.1 Å². The first-order valence-corrected chi connectivity index (χ1v) is 9.05. The van der Waals surface area contributed by atoms with Crippen LogP contribution in [0.4, 0.5) is 5.69 Å². The van der Waals surface area contributed by atoms with Crippen LogP contribution in [0.25, 0.3) is 0 Å². The Labute approximate surface area is 133 Å². The van der Waals surface area contributed by atoms with Crippen LogP contribution in [0, 0.1) is 6.92 Å². The molecule has 0 radical (unpaired) electrons. The average molecular weight is 337 g/mol. The van der Waals surface area contributed by atoms with Gasteiger partial charge in [0.1, 0.15) is 0 Å². The summed E-state index contributed by atoms with van der Waals surface area (Å²) in [6.07, 6.45) is 1.90. The number of hydrogen-bond donors (Lipinski definition) is 2. The highest BCUT2D eigenvalue weighted by Crippen LogP contribution is 2.23. The van der Waals surface area contributed by atoms with Crippen molar-refractivity contribution in [3.63, 3.8) is 0 Å². The highest BCUT2D eigenvalue weighted by atomic mass is 32.2. The molecule has 0 saturated carbocycles. The van der Waals surface area contributed by atoms with Crippen molar-refractivity contribution in [2.24, 2.45) is 0 Å². The zero-order valence-electron chi connectivity index (χ0n) is 12.0. The molecule has 2 N–H and O–H groups in total. The number of aryl methyl sites for hydroxylation is 1. The lowest BCUT2D eigenvalue weighted by molar-refractivity contribution is 0.0696. The van der Waals surface area contributed by atoms with Crippen LogP contribution in [0.3, 0.4) is 0 Å². The van der Waals surface area contributed by atoms with Crippen LogP contribution < -0.4 is 4.72 Å². The highest BCUT2D eigenvalue weighted by Gasteiger charge is 2.18. The number of carboxylic acids is 1. The molecule has 0 saturated heterocycles. The third-order valence-corrected chi connectivity index (χ3v) is 5.18. The normalized spacial score (nSPS) is 11.2. The van der Waals surface area contributed by atoms with Gasteiger partial charge in [-0.2, -0.15) is 0 Å². The largest absolute Gasteiger partial charge is 0.478 e. The minimum atomic E-state index is -3.83. The van der Waals surface area contributed by atoms with Gasteiger partial charge in [0.05, 0.1) is 10.5 Å². The first-order chi connectivity index (χ1) is 10.3. The van der Waals surface area contributed by atoms with Crippen molar-refractivity contribution in [3.8, 4) is 0 Å². The van der Waals surface area contributed by atoms with Crippen LogP contribution in [-0.2, 0) is 10.0 Å². The molecule has 5 nitrogen and oxygen atoms in total. The molecule has 0 unspecified atom stereocenters. The van der Waals surface area contributed by atoms with E-state index in [9.17, 15) is 13.2 Å². The van der Waals surface area contributed by atoms with E-state index >= 15 is 0 Å². The second-order valence-corrected chi connectivity index (χ2v) is 7.18. The summed E-state index contributed by atoms with van der Waals surface area (Å²) < 4.78 is 27.2. The van der Waals surface area contributed by atoms with E-state index in [2.05, 4.69) is 4.72 Å². The number of carboxylic acid groups (broad SMARTS) is 1. The number of anilines is 1. The van der Waals surface area contributed by atoms with Gasteiger partial charge < -0.3 is 5.11 Å². The Hall–Kier alpha value is -1.99. The Morgan fingerprint density at radius 1 is 1.18 bits per heavy atom. The van der Waals surface area contributed by atoms with Crippen molar-refractivity contribution in [2.75, 3.05) is 11.0 Å². The van der Waals surface area contributed by atoms with Gasteiger partial charge >= 0.3 is 5.97 Å². The lowest BCUT2D eigenvalue weighted by Gasteiger charge is -2.10. The number of rotatable bonds is 5. The summed E-state index contributed by atoms with van der Waals surface area (Å²) in [4.78, 5) is 12.0. The molecule has 0 aliphatic rings. The van der Waals surface area contributed by atoms with Gasteiger partial charge in [-0.25, -0.2) is 13.2 Å². The molecule has 2 aromatic rings. The average Bonchev–Trinajstić information content (AvgIpc) is 2.46. The monoisotopic (exact) mass is 337 g/mol. The number of sulfonamides is 1. The molecule has 0 aromatic heterocycles. The van der Waals surface area contributed by atoms with Gasteiger partial charge in [0.25, 0.3) is 10.0 Å². The smallest absolute Gasteiger partial charge is 0.335 e. The van der Waals surface area contributed by atoms with Crippen LogP contribution in [0.15, 0.2) is 52.3 Å². The molecule has 0 aliphatic carbocycles. The van der Waals surface area contributed by atoms with E-state index in [1.54, 1.807) is 25.1 Å². The zero-order chi connectivity index (χ0) is 16.3. The first-order valence-electron chi connectivity index (χ1n) is 6.34. The van der Waals surface area contributed by atoms with Gasteiger partial charge in [0.15, 0.2) is 0 Å². The predicted octanol–water partition coefficient (Wildman–Crippen LogP) is 3.22. The third-order valence-electron chi connectivity index (χ3n) is 3.07. The van der Waals surface area contributed by atoms with Crippen molar-refractivity contribution in [3.05, 3.63) is 53.6 Å². The molecule has 2 rings (SSSR count). The quantitative estimate of drug-likeness (QED) is 0.819. The second kappa shape index (κ2) is 6.41. The number of carbonyl (C=O) groups is 1. The van der Waals surface area contributed by atoms with E-state index in [4.69, 9.17) is 5.11 Å². The van der Waals surface area contributed by atoms with Crippen molar-refractivity contribution in [1.82, 2.24) is 0 Å². The fraction of sp³-hybridized carbons (Fsp3) is 0.133. The predicted molar refractivity (Wildman–Crippen MR) is 87.2 cm³/mol. The molecular weight excluding hydrogens is 322 g/mol. The van der Waals surface area contributed by atoms with Crippen molar-refractivity contribution >= 4 is 33.4 Å². The molecule has 0 aliphatic heterocycles. The van der Waals surface area contributed by atoms with Crippen LogP contribution >= 0.6 is 11.8 Å². The van der Waals surface area contributed by atoms with Gasteiger partial charge in [-0.15, -0.1) is 11.8 Å². The Morgan fingerprint density at radius 2 is 1.91 bits per heavy atom. The Morgan fingerprint density at radius 3 is 2.55 bits per heavy atom. The van der Waals surface area contributed by atoms with E-state index in [1.165, 1.54) is 30.0 Å². The zero-order valence-corrected chi connectivity index (χ0v) is 13.7. The number of benzene rings is 2. The Bertz CT molecular complexity index is 816. The number of hydrogen-bond acceptors (Lipinski definition) is 4. The summed E-state index contributed by atoms with van der Waals surface area (Å²) in [5.74, 6) is -1.15. The summed E-state index contributed by atoms with van der Waals surface area (Å²) >= 11 is 1.50. The maximum atomic E-state index is 12.4. The molecule has 0 spiro atoms. The molecule has 0 bridgehead atoms. The maximum absolute atomic E-state index is 12.4. The second-order valence-electron chi connectivity index (χ2n) is 4.62. The summed E-state index contributed by atoms with van der Waals surface area (Å²) in [5.41, 5.74) is 0.917. The minimum Gasteiger partial charge on any atom is -0.478 e. The molecule has 116 valence electrons. The third kappa shape index (κ3) is 3.61. The van der Waals surface area contributed by atoms with E-state index in [-0.39, 0.29) is 10.5 Å². The van der Waals surface area contributed by atoms with E-state index in [0.29, 0.717) is 11.3 Å². The molecule has 0 heterocycles. The lowest BCUT2D eigenvalue weighted by atomic mass is 10.1. The van der Waals surface area contributed by atoms with Gasteiger partial charge in [-0.05, 0) is 49.1 Å². The van der Waals surface area contributed by atoms with Crippen LogP contribution in [0.5, 0.6) is 0 Å². The SMILES string of the molecule is CSc1cccc(NS(=O)(=O)c2ccc(C)c(C(=O)O)c2)c1. The van der Waals surface area contributed by atoms with E-state index < -0.39 is 16.0 Å². The summed E-state index contributed by atoms with van der Waals surface area (Å²) in [6, 6.07) is 11.0. The summed E-state index contributed by atoms with van der Waals surface area (Å²) in [6.45, 7) is 1.62. The van der Waals surface area contributed by atoms with Gasteiger partial charge in [0, 0.05) is 10.6 Å².